The Hall–Kier alpha value is -0.740. The summed E-state index contributed by atoms with van der Waals surface area (Å²) in [4.78, 5) is 5.60. The van der Waals surface area contributed by atoms with Gasteiger partial charge in [-0.3, -0.25) is 0 Å². The van der Waals surface area contributed by atoms with Gasteiger partial charge in [0.15, 0.2) is 6.26 Å². The van der Waals surface area contributed by atoms with Gasteiger partial charge in [-0.2, -0.15) is 0 Å². The topological polar surface area (TPSA) is 18.3 Å². The van der Waals surface area contributed by atoms with Crippen LogP contribution in [0.2, 0.25) is 0 Å². The minimum atomic E-state index is 0.965. The Morgan fingerprint density at radius 2 is 2.50 bits per heavy atom. The molecule has 1 aliphatic heterocycles. The van der Waals surface area contributed by atoms with Crippen LogP contribution in [0.4, 0.5) is 0 Å². The minimum absolute atomic E-state index is 0.965. The Morgan fingerprint density at radius 3 is 3.17 bits per heavy atom. The number of aromatic nitrogens is 1. The zero-order chi connectivity index (χ0) is 8.55. The maximum Gasteiger partial charge on any atom is 0.460 e. The van der Waals surface area contributed by atoms with Crippen LogP contribution in [0, 0.1) is 6.72 Å². The molecule has 0 spiro atoms. The summed E-state index contributed by atoms with van der Waals surface area (Å²) in [5.41, 5.74) is 0.965. The van der Waals surface area contributed by atoms with Crippen molar-refractivity contribution in [2.45, 2.75) is 4.90 Å². The van der Waals surface area contributed by atoms with Crippen molar-refractivity contribution in [1.82, 2.24) is 0 Å². The summed E-state index contributed by atoms with van der Waals surface area (Å²) < 4.78 is 2.89. The summed E-state index contributed by atoms with van der Waals surface area (Å²) in [6.07, 6.45) is 3.94. The van der Waals surface area contributed by atoms with Gasteiger partial charge in [-0.1, -0.05) is 0 Å². The second-order valence-corrected chi connectivity index (χ2v) is 4.43. The van der Waals surface area contributed by atoms with Gasteiger partial charge in [-0.15, -0.1) is 0 Å². The molecule has 0 radical (unpaired) electrons. The fourth-order valence-electron chi connectivity index (χ4n) is 1.01. The molecule has 0 saturated heterocycles. The molecule has 12 heavy (non-hydrogen) atoms. The van der Waals surface area contributed by atoms with Crippen LogP contribution in [0.1, 0.15) is 0 Å². The Balaban J connectivity index is 2.75. The van der Waals surface area contributed by atoms with Crippen LogP contribution >= 0.6 is 11.8 Å². The van der Waals surface area contributed by atoms with E-state index >= 15 is 0 Å². The molecule has 0 aromatic carbocycles. The molecule has 1 aromatic heterocycles. The Kier molecular flexibility index (Phi) is 1.94. The fraction of sp³-hybridized carbons (Fsp3) is 0.125. The Bertz CT molecular complexity index is 451. The van der Waals surface area contributed by atoms with E-state index in [1.54, 1.807) is 27.4 Å². The number of nitrogens with zero attached hydrogens (tertiary/aromatic N) is 2. The van der Waals surface area contributed by atoms with Gasteiger partial charge in [-0.25, -0.2) is 4.24 Å². The van der Waals surface area contributed by atoms with Gasteiger partial charge in [0.2, 0.25) is 11.4 Å². The molecule has 2 heterocycles. The lowest BCUT2D eigenvalue weighted by molar-refractivity contribution is -0.520. The standard InChI is InChI=1S/C8H8N2S2/c1-10-5-3-4-6-7(10)9-8(11-2)12-6/h3-5H,1H2,2H3/q+2. The van der Waals surface area contributed by atoms with Gasteiger partial charge < -0.3 is 0 Å². The first-order valence-corrected chi connectivity index (χ1v) is 5.51. The molecule has 0 fully saturated rings. The smallest absolute Gasteiger partial charge is 0.209 e. The zero-order valence-electron chi connectivity index (χ0n) is 6.65. The lowest BCUT2D eigenvalue weighted by atomic mass is 10.5. The molecule has 0 N–H and O–H groups in total. The van der Waals surface area contributed by atoms with E-state index in [1.165, 1.54) is 4.90 Å². The Morgan fingerprint density at radius 1 is 1.67 bits per heavy atom. The first kappa shape index (κ1) is 7.89. The van der Waals surface area contributed by atoms with E-state index in [2.05, 4.69) is 17.8 Å². The van der Waals surface area contributed by atoms with Gasteiger partial charge in [0.1, 0.15) is 4.90 Å². The van der Waals surface area contributed by atoms with Crippen molar-refractivity contribution in [1.29, 1.82) is 0 Å². The van der Waals surface area contributed by atoms with E-state index in [-0.39, 0.29) is 0 Å². The molecule has 0 bridgehead atoms. The van der Waals surface area contributed by atoms with Gasteiger partial charge in [0.25, 0.3) is 0 Å². The lowest BCUT2D eigenvalue weighted by Gasteiger charge is -1.81. The highest BCUT2D eigenvalue weighted by Gasteiger charge is 2.27. The van der Waals surface area contributed by atoms with Crippen LogP contribution < -0.4 is 9.73 Å². The second kappa shape index (κ2) is 2.95. The summed E-state index contributed by atoms with van der Waals surface area (Å²) in [7, 11) is 0. The van der Waals surface area contributed by atoms with Crippen molar-refractivity contribution < 1.29 is 4.24 Å². The van der Waals surface area contributed by atoms with Crippen LogP contribution in [-0.2, 0) is 11.4 Å². The molecule has 2 nitrogen and oxygen atoms in total. The van der Waals surface area contributed by atoms with E-state index in [4.69, 9.17) is 0 Å². The summed E-state index contributed by atoms with van der Waals surface area (Å²) in [5.74, 6) is 0. The normalized spacial score (nSPS) is 17.6. The second-order valence-electron chi connectivity index (χ2n) is 2.35. The third-order valence-electron chi connectivity index (χ3n) is 1.58. The van der Waals surface area contributed by atoms with Crippen LogP contribution in [0.15, 0.2) is 28.2 Å². The van der Waals surface area contributed by atoms with E-state index < -0.39 is 0 Å². The van der Waals surface area contributed by atoms with Crippen molar-refractivity contribution in [2.24, 2.45) is 4.99 Å². The Labute approximate surface area is 78.6 Å². The highest BCUT2D eigenvalue weighted by molar-refractivity contribution is 8.22. The summed E-state index contributed by atoms with van der Waals surface area (Å²) in [6, 6.07) is 4.05. The highest BCUT2D eigenvalue weighted by Crippen LogP contribution is 2.18. The molecule has 4 heteroatoms. The SMILES string of the molecule is C=[n+]1cccc2c1=NC(=[S+]C)S2. The molecule has 0 saturated carbocycles. The van der Waals surface area contributed by atoms with Gasteiger partial charge in [0.05, 0.1) is 12.9 Å². The molecule has 0 atom stereocenters. The number of hydrogen-bond donors (Lipinski definition) is 0. The third-order valence-corrected chi connectivity index (χ3v) is 3.57. The maximum atomic E-state index is 4.41. The van der Waals surface area contributed by atoms with Crippen LogP contribution in [0.5, 0.6) is 0 Å². The van der Waals surface area contributed by atoms with E-state index in [0.717, 1.165) is 9.81 Å². The molecule has 0 aliphatic carbocycles. The predicted octanol–water partition coefficient (Wildman–Crippen LogP) is 0.139. The lowest BCUT2D eigenvalue weighted by Crippen LogP contribution is -2.35. The van der Waals surface area contributed by atoms with Gasteiger partial charge in [0, 0.05) is 16.8 Å². The van der Waals surface area contributed by atoms with E-state index in [1.807, 2.05) is 18.5 Å². The highest BCUT2D eigenvalue weighted by atomic mass is 32.2. The average molecular weight is 196 g/mol. The van der Waals surface area contributed by atoms with Crippen molar-refractivity contribution in [3.8, 4) is 0 Å². The number of fused-ring (bicyclic) bond motifs is 1. The van der Waals surface area contributed by atoms with Crippen LogP contribution in [0.25, 0.3) is 0 Å². The molecule has 1 aromatic rings. The van der Waals surface area contributed by atoms with Crippen molar-refractivity contribution >= 4 is 27.4 Å². The third kappa shape index (κ3) is 1.17. The van der Waals surface area contributed by atoms with Crippen LogP contribution in [-0.4, -0.2) is 10.6 Å². The number of hydrogen-bond acceptors (Lipinski definition) is 1. The molecule has 0 amide bonds. The predicted molar refractivity (Wildman–Crippen MR) is 52.7 cm³/mol. The monoisotopic (exact) mass is 196 g/mol. The minimum Gasteiger partial charge on any atom is -0.209 e. The molecular weight excluding hydrogens is 188 g/mol. The summed E-state index contributed by atoms with van der Waals surface area (Å²) in [6.45, 7) is 3.85. The summed E-state index contributed by atoms with van der Waals surface area (Å²) in [5, 5.41) is 0. The van der Waals surface area contributed by atoms with Gasteiger partial charge >= 0.3 is 9.81 Å². The van der Waals surface area contributed by atoms with Crippen molar-refractivity contribution in [2.75, 3.05) is 6.26 Å². The molecule has 60 valence electrons. The number of thioether (sulfide) groups is 1. The van der Waals surface area contributed by atoms with E-state index in [9.17, 15) is 0 Å². The molecular formula is C8H8N2S2+2. The largest absolute Gasteiger partial charge is 0.460 e. The quantitative estimate of drug-likeness (QED) is 0.328. The van der Waals surface area contributed by atoms with Crippen LogP contribution in [0.3, 0.4) is 0 Å². The first-order valence-electron chi connectivity index (χ1n) is 3.47. The fourth-order valence-corrected chi connectivity index (χ4v) is 2.51. The van der Waals surface area contributed by atoms with Crippen molar-refractivity contribution in [3.63, 3.8) is 0 Å². The molecule has 2 rings (SSSR count). The van der Waals surface area contributed by atoms with E-state index in [0.29, 0.717) is 0 Å². The summed E-state index contributed by atoms with van der Waals surface area (Å²) >= 11 is 3.37. The van der Waals surface area contributed by atoms with Crippen molar-refractivity contribution in [3.05, 3.63) is 30.5 Å². The number of pyridine rings is 1. The average Bonchev–Trinajstić information content (AvgIpc) is 2.49. The zero-order valence-corrected chi connectivity index (χ0v) is 8.28. The first-order chi connectivity index (χ1) is 5.81. The maximum absolute atomic E-state index is 4.41. The molecule has 0 unspecified atom stereocenters. The molecule has 1 aliphatic rings. The number of rotatable bonds is 0. The van der Waals surface area contributed by atoms with Gasteiger partial charge in [-0.05, 0) is 12.1 Å².